The Balaban J connectivity index is 1.46. The summed E-state index contributed by atoms with van der Waals surface area (Å²) in [6.45, 7) is 7.71. The van der Waals surface area contributed by atoms with E-state index in [4.69, 9.17) is 4.74 Å². The Morgan fingerprint density at radius 3 is 2.88 bits per heavy atom. The van der Waals surface area contributed by atoms with E-state index in [9.17, 15) is 4.79 Å². The van der Waals surface area contributed by atoms with Crippen LogP contribution in [0.5, 0.6) is 0 Å². The van der Waals surface area contributed by atoms with E-state index in [0.717, 1.165) is 49.3 Å². The van der Waals surface area contributed by atoms with Crippen molar-refractivity contribution >= 4 is 33.7 Å². The molecule has 1 saturated heterocycles. The van der Waals surface area contributed by atoms with Gasteiger partial charge in [-0.05, 0) is 49.0 Å². The number of nitrogens with zero attached hydrogens (tertiary/aromatic N) is 2. The predicted octanol–water partition coefficient (Wildman–Crippen LogP) is 4.85. The summed E-state index contributed by atoms with van der Waals surface area (Å²) in [5.74, 6) is 0.619. The first-order valence-electron chi connectivity index (χ1n) is 9.27. The molecule has 0 saturated carbocycles. The number of rotatable bonds is 3. The van der Waals surface area contributed by atoms with Gasteiger partial charge in [0.15, 0.2) is 0 Å². The number of nitrogens with one attached hydrogen (secondary N) is 1. The summed E-state index contributed by atoms with van der Waals surface area (Å²) >= 11 is 3.14. The van der Waals surface area contributed by atoms with E-state index in [2.05, 4.69) is 36.3 Å². The molecule has 0 spiro atoms. The maximum atomic E-state index is 12.8. The predicted molar refractivity (Wildman–Crippen MR) is 105 cm³/mol. The summed E-state index contributed by atoms with van der Waals surface area (Å²) in [5, 5.41) is 14.7. The second-order valence-corrected chi connectivity index (χ2v) is 10.2. The SMILES string of the molecule is CC(C)(C)C1CCc2c(C(=O)Nc3nnc(C4CCCO4)s3)csc2C1. The van der Waals surface area contributed by atoms with Crippen LogP contribution in [0.3, 0.4) is 0 Å². The highest BCUT2D eigenvalue weighted by atomic mass is 32.1. The monoisotopic (exact) mass is 391 g/mol. The third kappa shape index (κ3) is 3.57. The normalized spacial score (nSPS) is 23.0. The van der Waals surface area contributed by atoms with Crippen LogP contribution in [0, 0.1) is 11.3 Å². The highest BCUT2D eigenvalue weighted by Crippen LogP contribution is 2.41. The standard InChI is InChI=1S/C19H25N3O2S2/c1-19(2,3)11-6-7-12-13(10-25-15(12)9-11)16(23)20-18-22-21-17(26-18)14-5-4-8-24-14/h10-11,14H,4-9H2,1-3H3,(H,20,22,23). The summed E-state index contributed by atoms with van der Waals surface area (Å²) in [7, 11) is 0. The lowest BCUT2D eigenvalue weighted by Crippen LogP contribution is -2.27. The average molecular weight is 392 g/mol. The third-order valence-electron chi connectivity index (χ3n) is 5.49. The van der Waals surface area contributed by atoms with Gasteiger partial charge in [-0.3, -0.25) is 10.1 Å². The fourth-order valence-corrected chi connectivity index (χ4v) is 5.78. The largest absolute Gasteiger partial charge is 0.371 e. The van der Waals surface area contributed by atoms with E-state index < -0.39 is 0 Å². The smallest absolute Gasteiger partial charge is 0.258 e. The number of carbonyl (C=O) groups excluding carboxylic acids is 1. The lowest BCUT2D eigenvalue weighted by atomic mass is 9.72. The molecule has 2 aromatic heterocycles. The molecule has 140 valence electrons. The molecule has 7 heteroatoms. The highest BCUT2D eigenvalue weighted by molar-refractivity contribution is 7.15. The topological polar surface area (TPSA) is 64.1 Å². The van der Waals surface area contributed by atoms with Gasteiger partial charge in [0, 0.05) is 16.9 Å². The summed E-state index contributed by atoms with van der Waals surface area (Å²) < 4.78 is 5.64. The Morgan fingerprint density at radius 1 is 1.31 bits per heavy atom. The number of hydrogen-bond donors (Lipinski definition) is 1. The molecule has 1 amide bonds. The number of hydrogen-bond acceptors (Lipinski definition) is 6. The second-order valence-electron chi connectivity index (χ2n) is 8.26. The quantitative estimate of drug-likeness (QED) is 0.812. The van der Waals surface area contributed by atoms with Crippen molar-refractivity contribution in [2.24, 2.45) is 11.3 Å². The zero-order valence-corrected chi connectivity index (χ0v) is 17.1. The Bertz CT molecular complexity index is 800. The Morgan fingerprint density at radius 2 is 2.15 bits per heavy atom. The summed E-state index contributed by atoms with van der Waals surface area (Å²) in [5.41, 5.74) is 2.36. The van der Waals surface area contributed by atoms with Crippen LogP contribution in [-0.2, 0) is 17.6 Å². The van der Waals surface area contributed by atoms with Crippen molar-refractivity contribution < 1.29 is 9.53 Å². The Labute approximate surface area is 162 Å². The van der Waals surface area contributed by atoms with E-state index in [1.807, 2.05) is 5.38 Å². The van der Waals surface area contributed by atoms with Crippen molar-refractivity contribution in [3.63, 3.8) is 0 Å². The number of carbonyl (C=O) groups is 1. The number of anilines is 1. The van der Waals surface area contributed by atoms with E-state index in [1.54, 1.807) is 11.3 Å². The van der Waals surface area contributed by atoms with Crippen LogP contribution in [0.2, 0.25) is 0 Å². The molecule has 2 unspecified atom stereocenters. The molecule has 1 aliphatic heterocycles. The van der Waals surface area contributed by atoms with Crippen molar-refractivity contribution in [3.8, 4) is 0 Å². The number of amides is 1. The number of ether oxygens (including phenoxy) is 1. The van der Waals surface area contributed by atoms with Crippen LogP contribution in [0.25, 0.3) is 0 Å². The fourth-order valence-electron chi connectivity index (χ4n) is 3.79. The summed E-state index contributed by atoms with van der Waals surface area (Å²) in [6.07, 6.45) is 5.30. The van der Waals surface area contributed by atoms with Crippen molar-refractivity contribution in [2.75, 3.05) is 11.9 Å². The molecule has 26 heavy (non-hydrogen) atoms. The summed E-state index contributed by atoms with van der Waals surface area (Å²) in [4.78, 5) is 14.1. The first-order chi connectivity index (χ1) is 12.4. The lowest BCUT2D eigenvalue weighted by Gasteiger charge is -2.34. The zero-order chi connectivity index (χ0) is 18.3. The minimum absolute atomic E-state index is 0.0430. The molecule has 3 heterocycles. The minimum Gasteiger partial charge on any atom is -0.371 e. The van der Waals surface area contributed by atoms with Gasteiger partial charge in [-0.25, -0.2) is 0 Å². The van der Waals surface area contributed by atoms with E-state index in [-0.39, 0.29) is 12.0 Å². The molecular weight excluding hydrogens is 366 g/mol. The van der Waals surface area contributed by atoms with Gasteiger partial charge < -0.3 is 4.74 Å². The molecule has 2 atom stereocenters. The molecule has 0 radical (unpaired) electrons. The minimum atomic E-state index is -0.0632. The van der Waals surface area contributed by atoms with Gasteiger partial charge in [0.1, 0.15) is 11.1 Å². The Hall–Kier alpha value is -1.31. The zero-order valence-electron chi connectivity index (χ0n) is 15.5. The first-order valence-corrected chi connectivity index (χ1v) is 11.0. The van der Waals surface area contributed by atoms with Crippen LogP contribution in [-0.4, -0.2) is 22.7 Å². The number of fused-ring (bicyclic) bond motifs is 1. The molecule has 5 nitrogen and oxygen atoms in total. The van der Waals surface area contributed by atoms with Crippen molar-refractivity contribution in [3.05, 3.63) is 26.4 Å². The van der Waals surface area contributed by atoms with Gasteiger partial charge in [0.2, 0.25) is 5.13 Å². The van der Waals surface area contributed by atoms with Gasteiger partial charge >= 0.3 is 0 Å². The number of thiophene rings is 1. The molecule has 1 N–H and O–H groups in total. The summed E-state index contributed by atoms with van der Waals surface area (Å²) in [6, 6.07) is 0. The number of aromatic nitrogens is 2. The fraction of sp³-hybridized carbons (Fsp3) is 0.632. The van der Waals surface area contributed by atoms with Crippen molar-refractivity contribution in [1.29, 1.82) is 0 Å². The Kier molecular flexibility index (Phi) is 4.88. The van der Waals surface area contributed by atoms with Crippen molar-refractivity contribution in [1.82, 2.24) is 10.2 Å². The molecule has 0 bridgehead atoms. The third-order valence-corrected chi connectivity index (χ3v) is 7.47. The van der Waals surface area contributed by atoms with Gasteiger partial charge in [-0.2, -0.15) is 0 Å². The van der Waals surface area contributed by atoms with Gasteiger partial charge in [0.25, 0.3) is 5.91 Å². The maximum absolute atomic E-state index is 12.8. The van der Waals surface area contributed by atoms with Gasteiger partial charge in [0.05, 0.1) is 5.56 Å². The van der Waals surface area contributed by atoms with E-state index in [1.165, 1.54) is 21.8 Å². The first kappa shape index (κ1) is 18.1. The molecule has 2 aliphatic rings. The second kappa shape index (κ2) is 7.02. The molecule has 2 aromatic rings. The lowest BCUT2D eigenvalue weighted by molar-refractivity contribution is 0.102. The van der Waals surface area contributed by atoms with Crippen LogP contribution >= 0.6 is 22.7 Å². The van der Waals surface area contributed by atoms with Crippen LogP contribution in [0.15, 0.2) is 5.38 Å². The molecule has 1 aliphatic carbocycles. The van der Waals surface area contributed by atoms with Crippen LogP contribution < -0.4 is 5.32 Å². The van der Waals surface area contributed by atoms with Crippen LogP contribution in [0.1, 0.15) is 71.9 Å². The molecule has 1 fully saturated rings. The average Bonchev–Trinajstić information content (AvgIpc) is 3.33. The van der Waals surface area contributed by atoms with Crippen LogP contribution in [0.4, 0.5) is 5.13 Å². The van der Waals surface area contributed by atoms with E-state index >= 15 is 0 Å². The van der Waals surface area contributed by atoms with Gasteiger partial charge in [-0.15, -0.1) is 21.5 Å². The highest BCUT2D eigenvalue weighted by Gasteiger charge is 2.32. The van der Waals surface area contributed by atoms with Gasteiger partial charge in [-0.1, -0.05) is 32.1 Å². The molecule has 4 rings (SSSR count). The van der Waals surface area contributed by atoms with E-state index in [0.29, 0.717) is 16.5 Å². The van der Waals surface area contributed by atoms with Crippen molar-refractivity contribution in [2.45, 2.75) is 59.0 Å². The molecule has 0 aromatic carbocycles. The molecular formula is C19H25N3O2S2. The maximum Gasteiger partial charge on any atom is 0.258 e.